The molecule has 132 valence electrons. The van der Waals surface area contributed by atoms with Gasteiger partial charge in [-0.25, -0.2) is 12.4 Å². The van der Waals surface area contributed by atoms with Crippen molar-refractivity contribution in [3.63, 3.8) is 0 Å². The van der Waals surface area contributed by atoms with Crippen LogP contribution in [0, 0.1) is 6.92 Å². The monoisotopic (exact) mass is 467 g/mol. The summed E-state index contributed by atoms with van der Waals surface area (Å²) in [6, 6.07) is 15.5. The second-order valence-corrected chi connectivity index (χ2v) is 9.54. The largest absolute Gasteiger partial charge is 0.268 e. The van der Waals surface area contributed by atoms with E-state index in [0.717, 1.165) is 20.8 Å². The van der Waals surface area contributed by atoms with Crippen LogP contribution in [0.4, 0.5) is 0 Å². The highest BCUT2D eigenvalue weighted by Crippen LogP contribution is 2.38. The molecular weight excluding hydrogens is 457 g/mol. The quantitative estimate of drug-likeness (QED) is 0.341. The Labute approximate surface area is 169 Å². The SMILES string of the molecule is Cc1ccc(S(=O)(=O)n2c3ccc(Br)cc3c3cc(Cl)c(Cl)cc32)cc1. The Morgan fingerprint density at radius 1 is 0.846 bits per heavy atom. The van der Waals surface area contributed by atoms with Gasteiger partial charge in [0.1, 0.15) is 0 Å². The molecule has 0 amide bonds. The minimum atomic E-state index is -3.81. The second-order valence-electron chi connectivity index (χ2n) is 6.03. The van der Waals surface area contributed by atoms with Crippen LogP contribution in [0.2, 0.25) is 10.0 Å². The maximum absolute atomic E-state index is 13.4. The van der Waals surface area contributed by atoms with Crippen LogP contribution in [0.15, 0.2) is 64.0 Å². The first-order chi connectivity index (χ1) is 12.3. The first kappa shape index (κ1) is 17.9. The van der Waals surface area contributed by atoms with E-state index >= 15 is 0 Å². The molecule has 0 saturated carbocycles. The normalized spacial score (nSPS) is 12.2. The Balaban J connectivity index is 2.17. The molecule has 26 heavy (non-hydrogen) atoms. The lowest BCUT2D eigenvalue weighted by molar-refractivity contribution is 0.590. The molecular formula is C19H12BrCl2NO2S. The number of rotatable bonds is 2. The molecule has 0 aliphatic heterocycles. The molecule has 0 aliphatic carbocycles. The van der Waals surface area contributed by atoms with Crippen LogP contribution in [0.3, 0.4) is 0 Å². The van der Waals surface area contributed by atoms with Crippen molar-refractivity contribution in [1.29, 1.82) is 0 Å². The molecule has 0 unspecified atom stereocenters. The van der Waals surface area contributed by atoms with Crippen LogP contribution in [-0.2, 0) is 10.0 Å². The molecule has 1 heterocycles. The van der Waals surface area contributed by atoms with Crippen molar-refractivity contribution >= 4 is 71.0 Å². The van der Waals surface area contributed by atoms with Gasteiger partial charge in [0, 0.05) is 15.2 Å². The van der Waals surface area contributed by atoms with E-state index in [0.29, 0.717) is 21.1 Å². The summed E-state index contributed by atoms with van der Waals surface area (Å²) < 4.78 is 29.0. The van der Waals surface area contributed by atoms with Gasteiger partial charge >= 0.3 is 0 Å². The third-order valence-corrected chi connectivity index (χ3v) is 7.24. The number of aryl methyl sites for hydroxylation is 1. The van der Waals surface area contributed by atoms with Crippen molar-refractivity contribution in [2.75, 3.05) is 0 Å². The minimum absolute atomic E-state index is 0.218. The maximum atomic E-state index is 13.4. The summed E-state index contributed by atoms with van der Waals surface area (Å²) in [5.41, 5.74) is 2.06. The van der Waals surface area contributed by atoms with Crippen LogP contribution < -0.4 is 0 Å². The van der Waals surface area contributed by atoms with Crippen LogP contribution >= 0.6 is 39.1 Å². The number of aromatic nitrogens is 1. The molecule has 0 N–H and O–H groups in total. The Kier molecular flexibility index (Phi) is 4.31. The maximum Gasteiger partial charge on any atom is 0.268 e. The van der Waals surface area contributed by atoms with E-state index in [1.807, 2.05) is 19.1 Å². The van der Waals surface area contributed by atoms with Gasteiger partial charge in [-0.2, -0.15) is 0 Å². The second kappa shape index (κ2) is 6.27. The summed E-state index contributed by atoms with van der Waals surface area (Å²) >= 11 is 15.8. The highest BCUT2D eigenvalue weighted by Gasteiger charge is 2.24. The van der Waals surface area contributed by atoms with Crippen molar-refractivity contribution in [2.45, 2.75) is 11.8 Å². The first-order valence-corrected chi connectivity index (χ1v) is 10.7. The standard InChI is InChI=1S/C19H12BrCl2NO2S/c1-11-2-5-13(6-3-11)26(24,25)23-18-7-4-12(20)8-14(18)15-9-16(21)17(22)10-19(15)23/h2-10H,1H3. The lowest BCUT2D eigenvalue weighted by atomic mass is 10.1. The van der Waals surface area contributed by atoms with E-state index in [1.165, 1.54) is 3.97 Å². The fraction of sp³-hybridized carbons (Fsp3) is 0.0526. The average Bonchev–Trinajstić information content (AvgIpc) is 2.89. The summed E-state index contributed by atoms with van der Waals surface area (Å²) in [5.74, 6) is 0. The van der Waals surface area contributed by atoms with E-state index in [2.05, 4.69) is 15.9 Å². The van der Waals surface area contributed by atoms with Gasteiger partial charge in [0.15, 0.2) is 0 Å². The summed E-state index contributed by atoms with van der Waals surface area (Å²) in [4.78, 5) is 0.218. The number of halogens is 3. The number of fused-ring (bicyclic) bond motifs is 3. The van der Waals surface area contributed by atoms with Gasteiger partial charge < -0.3 is 0 Å². The predicted octanol–water partition coefficient (Wildman–Crippen LogP) is 6.41. The van der Waals surface area contributed by atoms with E-state index < -0.39 is 10.0 Å². The summed E-state index contributed by atoms with van der Waals surface area (Å²) in [7, 11) is -3.81. The Morgan fingerprint density at radius 2 is 1.46 bits per heavy atom. The zero-order valence-corrected chi connectivity index (χ0v) is 17.4. The van der Waals surface area contributed by atoms with Crippen LogP contribution in [0.5, 0.6) is 0 Å². The smallest absolute Gasteiger partial charge is 0.233 e. The minimum Gasteiger partial charge on any atom is -0.233 e. The number of nitrogens with zero attached hydrogens (tertiary/aromatic N) is 1. The van der Waals surface area contributed by atoms with Crippen molar-refractivity contribution in [1.82, 2.24) is 3.97 Å². The van der Waals surface area contributed by atoms with Crippen LogP contribution in [0.25, 0.3) is 21.8 Å². The van der Waals surface area contributed by atoms with Gasteiger partial charge in [0.2, 0.25) is 0 Å². The lowest BCUT2D eigenvalue weighted by Gasteiger charge is -2.10. The Bertz CT molecular complexity index is 1280. The van der Waals surface area contributed by atoms with Gasteiger partial charge in [0.25, 0.3) is 10.0 Å². The average molecular weight is 469 g/mol. The van der Waals surface area contributed by atoms with Gasteiger partial charge in [0.05, 0.1) is 26.0 Å². The molecule has 7 heteroatoms. The molecule has 0 bridgehead atoms. The van der Waals surface area contributed by atoms with Crippen LogP contribution in [0.1, 0.15) is 5.56 Å². The van der Waals surface area contributed by atoms with E-state index in [1.54, 1.807) is 42.5 Å². The molecule has 0 spiro atoms. The van der Waals surface area contributed by atoms with Gasteiger partial charge in [-0.15, -0.1) is 0 Å². The Morgan fingerprint density at radius 3 is 2.15 bits per heavy atom. The third kappa shape index (κ3) is 2.74. The molecule has 0 radical (unpaired) electrons. The van der Waals surface area contributed by atoms with Crippen molar-refractivity contribution in [2.24, 2.45) is 0 Å². The predicted molar refractivity (Wildman–Crippen MR) is 111 cm³/mol. The molecule has 0 saturated heterocycles. The molecule has 4 aromatic rings. The zero-order chi connectivity index (χ0) is 18.6. The van der Waals surface area contributed by atoms with Gasteiger partial charge in [-0.3, -0.25) is 0 Å². The number of benzene rings is 3. The summed E-state index contributed by atoms with van der Waals surface area (Å²) in [6.07, 6.45) is 0. The highest BCUT2D eigenvalue weighted by atomic mass is 79.9. The molecule has 3 nitrogen and oxygen atoms in total. The van der Waals surface area contributed by atoms with Gasteiger partial charge in [-0.1, -0.05) is 56.8 Å². The van der Waals surface area contributed by atoms with E-state index in [9.17, 15) is 8.42 Å². The van der Waals surface area contributed by atoms with Crippen molar-refractivity contribution < 1.29 is 8.42 Å². The molecule has 1 aromatic heterocycles. The fourth-order valence-corrected chi connectivity index (χ4v) is 5.23. The molecule has 0 fully saturated rings. The zero-order valence-electron chi connectivity index (χ0n) is 13.5. The fourth-order valence-electron chi connectivity index (χ4n) is 3.03. The summed E-state index contributed by atoms with van der Waals surface area (Å²) in [6.45, 7) is 1.91. The van der Waals surface area contributed by atoms with E-state index in [-0.39, 0.29) is 4.90 Å². The van der Waals surface area contributed by atoms with Crippen molar-refractivity contribution in [3.8, 4) is 0 Å². The van der Waals surface area contributed by atoms with Crippen LogP contribution in [-0.4, -0.2) is 12.4 Å². The molecule has 3 aromatic carbocycles. The highest BCUT2D eigenvalue weighted by molar-refractivity contribution is 9.10. The summed E-state index contributed by atoms with van der Waals surface area (Å²) in [5, 5.41) is 2.20. The van der Waals surface area contributed by atoms with Crippen molar-refractivity contribution in [3.05, 3.63) is 74.7 Å². The Hall–Kier alpha value is -1.53. The third-order valence-electron chi connectivity index (χ3n) is 4.28. The van der Waals surface area contributed by atoms with Gasteiger partial charge in [-0.05, 0) is 49.4 Å². The van der Waals surface area contributed by atoms with E-state index in [4.69, 9.17) is 23.2 Å². The molecule has 4 rings (SSSR count). The number of hydrogen-bond donors (Lipinski definition) is 0. The molecule has 0 atom stereocenters. The first-order valence-electron chi connectivity index (χ1n) is 7.70. The molecule has 0 aliphatic rings. The number of hydrogen-bond acceptors (Lipinski definition) is 2. The lowest BCUT2D eigenvalue weighted by Crippen LogP contribution is -2.12. The topological polar surface area (TPSA) is 39.1 Å².